The van der Waals surface area contributed by atoms with E-state index in [2.05, 4.69) is 40.5 Å². The van der Waals surface area contributed by atoms with E-state index < -0.39 is 17.6 Å². The Kier molecular flexibility index (Phi) is 7.67. The number of alkyl halides is 3. The van der Waals surface area contributed by atoms with Crippen LogP contribution in [0.15, 0.2) is 49.1 Å². The molecule has 38 heavy (non-hydrogen) atoms. The van der Waals surface area contributed by atoms with Gasteiger partial charge in [-0.1, -0.05) is 6.07 Å². The number of fused-ring (bicyclic) bond motifs is 1. The lowest BCUT2D eigenvalue weighted by molar-refractivity contribution is -0.137. The zero-order valence-corrected chi connectivity index (χ0v) is 21.2. The predicted octanol–water partition coefficient (Wildman–Crippen LogP) is 4.14. The topological polar surface area (TPSA) is 112 Å². The molecule has 0 aliphatic carbocycles. The molecule has 10 nitrogen and oxygen atoms in total. The molecule has 0 saturated carbocycles. The van der Waals surface area contributed by atoms with Crippen LogP contribution in [0.25, 0.3) is 11.0 Å². The predicted molar refractivity (Wildman–Crippen MR) is 139 cm³/mol. The molecule has 0 aliphatic heterocycles. The molecule has 1 aromatic carbocycles. The van der Waals surface area contributed by atoms with Crippen molar-refractivity contribution in [1.29, 1.82) is 0 Å². The van der Waals surface area contributed by atoms with Gasteiger partial charge < -0.3 is 20.4 Å². The molecular weight excluding hydrogens is 499 g/mol. The number of aromatic nitrogens is 5. The van der Waals surface area contributed by atoms with Crippen LogP contribution >= 0.6 is 0 Å². The third-order valence-electron chi connectivity index (χ3n) is 5.67. The van der Waals surface area contributed by atoms with Crippen LogP contribution in [0.2, 0.25) is 0 Å². The van der Waals surface area contributed by atoms with E-state index in [9.17, 15) is 18.0 Å². The first kappa shape index (κ1) is 26.7. The average molecular weight is 526 g/mol. The van der Waals surface area contributed by atoms with Crippen molar-refractivity contribution < 1.29 is 18.0 Å². The van der Waals surface area contributed by atoms with Crippen LogP contribution in [0.5, 0.6) is 0 Å². The number of nitrogens with zero attached hydrogens (tertiary/aromatic N) is 7. The lowest BCUT2D eigenvalue weighted by Crippen LogP contribution is -2.29. The van der Waals surface area contributed by atoms with Gasteiger partial charge in [0.05, 0.1) is 11.8 Å². The van der Waals surface area contributed by atoms with Crippen molar-refractivity contribution in [2.24, 2.45) is 0 Å². The number of rotatable bonds is 8. The van der Waals surface area contributed by atoms with Crippen molar-refractivity contribution in [1.82, 2.24) is 29.8 Å². The van der Waals surface area contributed by atoms with Gasteiger partial charge in [-0.3, -0.25) is 4.79 Å². The first-order chi connectivity index (χ1) is 18.0. The molecule has 0 atom stereocenters. The molecular formula is C25H26F3N9O. The smallest absolute Gasteiger partial charge is 0.343 e. The number of anilines is 4. The van der Waals surface area contributed by atoms with Crippen molar-refractivity contribution in [3.05, 3.63) is 65.7 Å². The Balaban J connectivity index is 1.59. The van der Waals surface area contributed by atoms with Crippen molar-refractivity contribution >= 4 is 40.2 Å². The SMILES string of the molecule is Cc1ccc(C(=O)Nc2cc(C(F)(F)F)ccn2)cc1Nc1ncnc2cnc(N(C)CCN(C)C)nc12. The number of amides is 1. The van der Waals surface area contributed by atoms with E-state index in [0.29, 0.717) is 35.0 Å². The van der Waals surface area contributed by atoms with Crippen molar-refractivity contribution in [3.8, 4) is 0 Å². The van der Waals surface area contributed by atoms with Gasteiger partial charge in [0.25, 0.3) is 5.91 Å². The van der Waals surface area contributed by atoms with Gasteiger partial charge in [0.1, 0.15) is 23.2 Å². The van der Waals surface area contributed by atoms with E-state index in [4.69, 9.17) is 0 Å². The summed E-state index contributed by atoms with van der Waals surface area (Å²) in [7, 11) is 5.86. The van der Waals surface area contributed by atoms with Gasteiger partial charge in [-0.15, -0.1) is 0 Å². The third kappa shape index (κ3) is 6.29. The fraction of sp³-hybridized carbons (Fsp3) is 0.280. The van der Waals surface area contributed by atoms with E-state index >= 15 is 0 Å². The summed E-state index contributed by atoms with van der Waals surface area (Å²) in [6.07, 6.45) is -0.548. The Bertz CT molecular complexity index is 1460. The second-order valence-electron chi connectivity index (χ2n) is 8.89. The number of benzene rings is 1. The minimum atomic E-state index is -4.55. The molecule has 2 N–H and O–H groups in total. The van der Waals surface area contributed by atoms with Crippen molar-refractivity contribution in [2.45, 2.75) is 13.1 Å². The second-order valence-corrected chi connectivity index (χ2v) is 8.89. The van der Waals surface area contributed by atoms with Gasteiger partial charge in [-0.2, -0.15) is 13.2 Å². The van der Waals surface area contributed by atoms with E-state index in [0.717, 1.165) is 30.4 Å². The summed E-state index contributed by atoms with van der Waals surface area (Å²) in [6.45, 7) is 3.38. The number of carbonyl (C=O) groups excluding carboxylic acids is 1. The maximum atomic E-state index is 13.0. The lowest BCUT2D eigenvalue weighted by atomic mass is 10.1. The summed E-state index contributed by atoms with van der Waals surface area (Å²) < 4.78 is 39.0. The molecule has 0 saturated heterocycles. The molecule has 0 bridgehead atoms. The molecule has 1 amide bonds. The standard InChI is InChI=1S/C25H26F3N9O/c1-15-5-6-16(23(38)34-20-12-17(7-8-29-20)25(26,27)28)11-18(15)33-22-21-19(31-14-32-22)13-30-24(35-21)37(4)10-9-36(2)3/h5-8,11-14H,9-10H2,1-4H3,(H,29,34,38)(H,31,32,33). The average Bonchev–Trinajstić information content (AvgIpc) is 2.88. The Morgan fingerprint density at radius 1 is 1.00 bits per heavy atom. The van der Waals surface area contributed by atoms with Crippen molar-refractivity contribution in [2.75, 3.05) is 49.8 Å². The molecule has 3 heterocycles. The van der Waals surface area contributed by atoms with Crippen LogP contribution in [0, 0.1) is 6.92 Å². The number of nitrogens with one attached hydrogen (secondary N) is 2. The fourth-order valence-corrected chi connectivity index (χ4v) is 3.46. The summed E-state index contributed by atoms with van der Waals surface area (Å²) in [5.74, 6) is 0.111. The normalized spacial score (nSPS) is 11.6. The zero-order chi connectivity index (χ0) is 27.4. The van der Waals surface area contributed by atoms with Gasteiger partial charge in [0, 0.05) is 37.6 Å². The number of hydrogen-bond acceptors (Lipinski definition) is 9. The summed E-state index contributed by atoms with van der Waals surface area (Å²) >= 11 is 0. The lowest BCUT2D eigenvalue weighted by Gasteiger charge is -2.20. The number of aryl methyl sites for hydroxylation is 1. The maximum Gasteiger partial charge on any atom is 0.416 e. The number of carbonyl (C=O) groups is 1. The molecule has 198 valence electrons. The number of likely N-dealkylation sites (N-methyl/N-ethyl adjacent to an activating group) is 2. The van der Waals surface area contributed by atoms with Gasteiger partial charge in [-0.05, 0) is 50.8 Å². The van der Waals surface area contributed by atoms with Gasteiger partial charge in [-0.25, -0.2) is 24.9 Å². The Morgan fingerprint density at radius 3 is 2.53 bits per heavy atom. The minimum Gasteiger partial charge on any atom is -0.343 e. The van der Waals surface area contributed by atoms with Crippen LogP contribution in [0.3, 0.4) is 0 Å². The number of hydrogen-bond donors (Lipinski definition) is 2. The molecule has 0 unspecified atom stereocenters. The zero-order valence-electron chi connectivity index (χ0n) is 21.2. The second kappa shape index (κ2) is 10.9. The van der Waals surface area contributed by atoms with E-state index in [1.165, 1.54) is 6.33 Å². The molecule has 4 aromatic rings. The molecule has 0 spiro atoms. The van der Waals surface area contributed by atoms with Gasteiger partial charge in [0.2, 0.25) is 5.95 Å². The third-order valence-corrected chi connectivity index (χ3v) is 5.67. The number of pyridine rings is 1. The monoisotopic (exact) mass is 525 g/mol. The summed E-state index contributed by atoms with van der Waals surface area (Å²) in [5, 5.41) is 5.62. The summed E-state index contributed by atoms with van der Waals surface area (Å²) in [5.41, 5.74) is 1.72. The highest BCUT2D eigenvalue weighted by molar-refractivity contribution is 6.04. The Labute approximate surface area is 217 Å². The first-order valence-corrected chi connectivity index (χ1v) is 11.6. The van der Waals surface area contributed by atoms with Crippen LogP contribution in [-0.4, -0.2) is 70.0 Å². The van der Waals surface area contributed by atoms with Crippen LogP contribution in [0.1, 0.15) is 21.5 Å². The van der Waals surface area contributed by atoms with E-state index in [-0.39, 0.29) is 11.4 Å². The van der Waals surface area contributed by atoms with Crippen molar-refractivity contribution in [3.63, 3.8) is 0 Å². The first-order valence-electron chi connectivity index (χ1n) is 11.6. The van der Waals surface area contributed by atoms with Crippen LogP contribution < -0.4 is 15.5 Å². The fourth-order valence-electron chi connectivity index (χ4n) is 3.46. The highest BCUT2D eigenvalue weighted by Crippen LogP contribution is 2.30. The quantitative estimate of drug-likeness (QED) is 0.351. The minimum absolute atomic E-state index is 0.204. The molecule has 13 heteroatoms. The van der Waals surface area contributed by atoms with Gasteiger partial charge >= 0.3 is 6.18 Å². The summed E-state index contributed by atoms with van der Waals surface area (Å²) in [6, 6.07) is 6.49. The Hall–Kier alpha value is -4.39. The Morgan fingerprint density at radius 2 is 1.79 bits per heavy atom. The molecule has 4 rings (SSSR count). The van der Waals surface area contributed by atoms with Gasteiger partial charge in [0.15, 0.2) is 5.82 Å². The van der Waals surface area contributed by atoms with E-state index in [1.807, 2.05) is 33.0 Å². The number of halogens is 3. The van der Waals surface area contributed by atoms with Crippen LogP contribution in [0.4, 0.5) is 36.4 Å². The molecule has 0 aliphatic rings. The highest BCUT2D eigenvalue weighted by Gasteiger charge is 2.31. The van der Waals surface area contributed by atoms with E-state index in [1.54, 1.807) is 24.4 Å². The highest BCUT2D eigenvalue weighted by atomic mass is 19.4. The summed E-state index contributed by atoms with van der Waals surface area (Å²) in [4.78, 5) is 38.2. The maximum absolute atomic E-state index is 13.0. The van der Waals surface area contributed by atoms with Crippen LogP contribution in [-0.2, 0) is 6.18 Å². The largest absolute Gasteiger partial charge is 0.416 e. The molecule has 3 aromatic heterocycles. The molecule has 0 fully saturated rings. The molecule has 0 radical (unpaired) electrons.